The van der Waals surface area contributed by atoms with Crippen LogP contribution in [0.2, 0.25) is 6.82 Å². The van der Waals surface area contributed by atoms with Gasteiger partial charge in [0.15, 0.2) is 0 Å². The van der Waals surface area contributed by atoms with Gasteiger partial charge in [-0.3, -0.25) is 0 Å². The monoisotopic (exact) mass is 508 g/mol. The van der Waals surface area contributed by atoms with Crippen molar-refractivity contribution in [3.63, 3.8) is 0 Å². The summed E-state index contributed by atoms with van der Waals surface area (Å²) in [6, 6.07) is 25.1. The molecular formula is C37H39BN. The minimum atomic E-state index is -0.0335. The molecule has 3 aromatic carbocycles. The number of nitrogens with zero attached hydrogens (tertiary/aromatic N) is 1. The number of rotatable bonds is 5. The Morgan fingerprint density at radius 2 is 1.59 bits per heavy atom. The Balaban J connectivity index is 1.49. The summed E-state index contributed by atoms with van der Waals surface area (Å²) in [6.45, 7) is 16.0. The molecule has 1 unspecified atom stereocenters. The van der Waals surface area contributed by atoms with Gasteiger partial charge in [-0.2, -0.15) is 0 Å². The summed E-state index contributed by atoms with van der Waals surface area (Å²) in [5.41, 5.74) is 15.0. The van der Waals surface area contributed by atoms with Gasteiger partial charge in [0, 0.05) is 33.8 Å². The van der Waals surface area contributed by atoms with Crippen LogP contribution >= 0.6 is 0 Å². The molecule has 0 fully saturated rings. The Hall–Kier alpha value is -3.52. The first-order valence-corrected chi connectivity index (χ1v) is 14.4. The van der Waals surface area contributed by atoms with E-state index in [2.05, 4.69) is 152 Å². The molecule has 0 amide bonds. The quantitative estimate of drug-likeness (QED) is 0.311. The molecule has 0 heterocycles. The molecule has 39 heavy (non-hydrogen) atoms. The molecule has 0 aliphatic heterocycles. The van der Waals surface area contributed by atoms with E-state index in [1.807, 2.05) is 0 Å². The Bertz CT molecular complexity index is 1580. The maximum absolute atomic E-state index is 2.49. The summed E-state index contributed by atoms with van der Waals surface area (Å²) >= 11 is 0. The summed E-state index contributed by atoms with van der Waals surface area (Å²) in [4.78, 5) is 2.47. The standard InChI is InChI=1S/C37H39BN/c1-8-11-32-24(2)29-20-18-27(22-34(29)36(32,3)4)39(26-16-14-25(38-7)15-17-26)28-19-21-31-30-12-9-10-13-33(30)37(5,6)35(31)23-28/h8-20,22-23,31H,21H2,1-7H3. The summed E-state index contributed by atoms with van der Waals surface area (Å²) in [6.07, 6.45) is 10.4. The van der Waals surface area contributed by atoms with E-state index in [1.54, 1.807) is 0 Å². The van der Waals surface area contributed by atoms with Crippen LogP contribution in [0.15, 0.2) is 108 Å². The third kappa shape index (κ3) is 3.91. The van der Waals surface area contributed by atoms with Crippen LogP contribution in [0.4, 0.5) is 11.4 Å². The zero-order chi connectivity index (χ0) is 27.5. The number of anilines is 2. The first kappa shape index (κ1) is 25.7. The second-order valence-electron chi connectivity index (χ2n) is 12.3. The smallest absolute Gasteiger partial charge is 0.148 e. The predicted molar refractivity (Wildman–Crippen MR) is 170 cm³/mol. The highest BCUT2D eigenvalue weighted by atomic mass is 15.1. The third-order valence-corrected chi connectivity index (χ3v) is 9.46. The van der Waals surface area contributed by atoms with Gasteiger partial charge in [-0.05, 0) is 84.0 Å². The van der Waals surface area contributed by atoms with Crippen molar-refractivity contribution in [2.45, 2.75) is 71.5 Å². The normalized spacial score (nSPS) is 20.3. The van der Waals surface area contributed by atoms with Crippen LogP contribution in [0.5, 0.6) is 0 Å². The lowest BCUT2D eigenvalue weighted by atomic mass is 9.73. The van der Waals surface area contributed by atoms with Crippen LogP contribution in [0, 0.1) is 0 Å². The van der Waals surface area contributed by atoms with Crippen LogP contribution in [0.1, 0.15) is 76.1 Å². The van der Waals surface area contributed by atoms with Crippen molar-refractivity contribution in [1.82, 2.24) is 0 Å². The minimum Gasteiger partial charge on any atom is -0.311 e. The summed E-state index contributed by atoms with van der Waals surface area (Å²) in [5, 5.41) is 0. The lowest BCUT2D eigenvalue weighted by Crippen LogP contribution is -2.23. The Morgan fingerprint density at radius 1 is 0.872 bits per heavy atom. The molecule has 195 valence electrons. The lowest BCUT2D eigenvalue weighted by molar-refractivity contribution is 0.609. The highest BCUT2D eigenvalue weighted by molar-refractivity contribution is 6.51. The van der Waals surface area contributed by atoms with Crippen molar-refractivity contribution in [2.75, 3.05) is 4.90 Å². The molecule has 1 nitrogen and oxygen atoms in total. The second-order valence-corrected chi connectivity index (χ2v) is 12.3. The summed E-state index contributed by atoms with van der Waals surface area (Å²) in [7, 11) is 2.16. The number of fused-ring (bicyclic) bond motifs is 4. The molecule has 0 N–H and O–H groups in total. The van der Waals surface area contributed by atoms with Crippen LogP contribution in [-0.2, 0) is 10.8 Å². The van der Waals surface area contributed by atoms with Crippen molar-refractivity contribution >= 4 is 29.7 Å². The SMILES string of the molecule is C[B]c1ccc(N(C2=CCC3C(=C2)C(C)(C)c2ccccc23)c2ccc3c(c2)C(C)(C)C(C=CC)=C3C)cc1. The van der Waals surface area contributed by atoms with Crippen molar-refractivity contribution in [2.24, 2.45) is 0 Å². The molecule has 0 saturated carbocycles. The van der Waals surface area contributed by atoms with Gasteiger partial charge >= 0.3 is 0 Å². The van der Waals surface area contributed by atoms with E-state index in [1.165, 1.54) is 61.5 Å². The molecule has 0 saturated heterocycles. The van der Waals surface area contributed by atoms with E-state index < -0.39 is 0 Å². The number of hydrogen-bond acceptors (Lipinski definition) is 1. The van der Waals surface area contributed by atoms with E-state index in [9.17, 15) is 0 Å². The van der Waals surface area contributed by atoms with Crippen LogP contribution < -0.4 is 10.4 Å². The summed E-state index contributed by atoms with van der Waals surface area (Å²) in [5.74, 6) is 0.466. The zero-order valence-corrected chi connectivity index (χ0v) is 24.5. The first-order chi connectivity index (χ1) is 18.7. The fourth-order valence-electron chi connectivity index (χ4n) is 7.31. The van der Waals surface area contributed by atoms with Crippen molar-refractivity contribution < 1.29 is 0 Å². The van der Waals surface area contributed by atoms with Crippen LogP contribution in [0.25, 0.3) is 5.57 Å². The molecule has 1 radical (unpaired) electrons. The average molecular weight is 509 g/mol. The predicted octanol–water partition coefficient (Wildman–Crippen LogP) is 9.13. The first-order valence-electron chi connectivity index (χ1n) is 14.4. The zero-order valence-electron chi connectivity index (χ0n) is 24.5. The molecule has 6 rings (SSSR count). The molecular weight excluding hydrogens is 469 g/mol. The van der Waals surface area contributed by atoms with E-state index in [0.29, 0.717) is 5.92 Å². The van der Waals surface area contributed by atoms with Gasteiger partial charge in [-0.15, -0.1) is 0 Å². The maximum atomic E-state index is 2.49. The molecule has 3 aromatic rings. The van der Waals surface area contributed by atoms with Crippen molar-refractivity contribution in [3.05, 3.63) is 130 Å². The molecule has 0 spiro atoms. The Kier molecular flexibility index (Phi) is 6.14. The van der Waals surface area contributed by atoms with Gasteiger partial charge in [0.2, 0.25) is 0 Å². The Morgan fingerprint density at radius 3 is 2.31 bits per heavy atom. The van der Waals surface area contributed by atoms with Gasteiger partial charge in [-0.1, -0.05) is 106 Å². The number of hydrogen-bond donors (Lipinski definition) is 0. The molecule has 0 bridgehead atoms. The minimum absolute atomic E-state index is 0.0236. The second kappa shape index (κ2) is 9.30. The van der Waals surface area contributed by atoms with Crippen LogP contribution in [-0.4, -0.2) is 7.28 Å². The maximum Gasteiger partial charge on any atom is 0.148 e. The van der Waals surface area contributed by atoms with Crippen molar-refractivity contribution in [1.29, 1.82) is 0 Å². The molecule has 2 heteroatoms. The molecule has 3 aliphatic carbocycles. The van der Waals surface area contributed by atoms with E-state index in [0.717, 1.165) is 6.42 Å². The van der Waals surface area contributed by atoms with Gasteiger partial charge < -0.3 is 4.90 Å². The molecule has 3 aliphatic rings. The number of benzene rings is 3. The highest BCUT2D eigenvalue weighted by Crippen LogP contribution is 2.54. The van der Waals surface area contributed by atoms with Gasteiger partial charge in [0.1, 0.15) is 7.28 Å². The fraction of sp³-hybridized carbons (Fsp3) is 0.297. The largest absolute Gasteiger partial charge is 0.311 e. The Labute approximate surface area is 235 Å². The lowest BCUT2D eigenvalue weighted by Gasteiger charge is -2.33. The van der Waals surface area contributed by atoms with Crippen molar-refractivity contribution in [3.8, 4) is 0 Å². The van der Waals surface area contributed by atoms with E-state index in [-0.39, 0.29) is 10.8 Å². The number of allylic oxidation sites excluding steroid dienone is 7. The average Bonchev–Trinajstić information content (AvgIpc) is 3.28. The van der Waals surface area contributed by atoms with Crippen LogP contribution in [0.3, 0.4) is 0 Å². The fourth-order valence-corrected chi connectivity index (χ4v) is 7.31. The van der Waals surface area contributed by atoms with Gasteiger partial charge in [-0.25, -0.2) is 0 Å². The molecule has 0 aromatic heterocycles. The van der Waals surface area contributed by atoms with Gasteiger partial charge in [0.25, 0.3) is 0 Å². The molecule has 1 atom stereocenters. The summed E-state index contributed by atoms with van der Waals surface area (Å²) < 4.78 is 0. The van der Waals surface area contributed by atoms with E-state index >= 15 is 0 Å². The van der Waals surface area contributed by atoms with E-state index in [4.69, 9.17) is 0 Å². The highest BCUT2D eigenvalue weighted by Gasteiger charge is 2.42. The third-order valence-electron chi connectivity index (χ3n) is 9.46. The topological polar surface area (TPSA) is 3.24 Å². The van der Waals surface area contributed by atoms with Gasteiger partial charge in [0.05, 0.1) is 0 Å².